The van der Waals surface area contributed by atoms with Crippen LogP contribution in [-0.2, 0) is 9.53 Å². The molecule has 0 spiro atoms. The maximum Gasteiger partial charge on any atom is 0.408 e. The van der Waals surface area contributed by atoms with Gasteiger partial charge in [0.05, 0.1) is 12.4 Å². The minimum atomic E-state index is -1.33. The summed E-state index contributed by atoms with van der Waals surface area (Å²) < 4.78 is 22.9. The lowest BCUT2D eigenvalue weighted by Crippen LogP contribution is -2.46. The van der Waals surface area contributed by atoms with E-state index in [-0.39, 0.29) is 12.4 Å². The molecule has 0 unspecified atom stereocenters. The van der Waals surface area contributed by atoms with Gasteiger partial charge in [-0.15, -0.1) is 0 Å². The molecule has 0 aliphatic carbocycles. The van der Waals surface area contributed by atoms with E-state index in [1.54, 1.807) is 20.8 Å². The summed E-state index contributed by atoms with van der Waals surface area (Å²) in [7, 11) is 0. The molecule has 0 saturated carbocycles. The molecule has 1 aromatic heterocycles. The normalized spacial score (nSPS) is 12.4. The highest BCUT2D eigenvalue weighted by molar-refractivity contribution is 5.80. The number of carbonyl (C=O) groups excluding carboxylic acids is 1. The first-order valence-electron chi connectivity index (χ1n) is 6.13. The number of carboxylic acids is 1. The Morgan fingerprint density at radius 1 is 1.43 bits per heavy atom. The van der Waals surface area contributed by atoms with E-state index in [1.807, 2.05) is 0 Å². The molecule has 21 heavy (non-hydrogen) atoms. The predicted molar refractivity (Wildman–Crippen MR) is 70.5 cm³/mol. The molecule has 0 saturated heterocycles. The van der Waals surface area contributed by atoms with Crippen molar-refractivity contribution in [3.8, 4) is 5.75 Å². The Morgan fingerprint density at radius 3 is 2.62 bits per heavy atom. The minimum Gasteiger partial charge on any atom is -0.489 e. The molecule has 1 amide bonds. The van der Waals surface area contributed by atoms with Crippen LogP contribution in [-0.4, -0.2) is 40.4 Å². The summed E-state index contributed by atoms with van der Waals surface area (Å²) in [6.07, 6.45) is 1.34. The number of halogens is 1. The van der Waals surface area contributed by atoms with Crippen molar-refractivity contribution in [1.29, 1.82) is 0 Å². The SMILES string of the molecule is CC(C)(C)OC(=O)N[C@H](COc1cncc(F)c1)C(=O)O. The summed E-state index contributed by atoms with van der Waals surface area (Å²) in [5, 5.41) is 11.2. The van der Waals surface area contributed by atoms with Crippen LogP contribution in [0, 0.1) is 5.82 Å². The van der Waals surface area contributed by atoms with Crippen LogP contribution in [0.4, 0.5) is 9.18 Å². The van der Waals surface area contributed by atoms with Crippen LogP contribution in [0.5, 0.6) is 5.75 Å². The average Bonchev–Trinajstić information content (AvgIpc) is 2.32. The third-order valence-electron chi connectivity index (χ3n) is 2.09. The highest BCUT2D eigenvalue weighted by atomic mass is 19.1. The fourth-order valence-electron chi connectivity index (χ4n) is 1.28. The maximum atomic E-state index is 12.9. The third-order valence-corrected chi connectivity index (χ3v) is 2.09. The van der Waals surface area contributed by atoms with Gasteiger partial charge in [0, 0.05) is 6.07 Å². The van der Waals surface area contributed by atoms with Crippen molar-refractivity contribution in [2.45, 2.75) is 32.4 Å². The van der Waals surface area contributed by atoms with Gasteiger partial charge in [-0.05, 0) is 20.8 Å². The van der Waals surface area contributed by atoms with Crippen molar-refractivity contribution >= 4 is 12.1 Å². The molecule has 8 heteroatoms. The van der Waals surface area contributed by atoms with Crippen molar-refractivity contribution in [3.05, 3.63) is 24.3 Å². The molecule has 2 N–H and O–H groups in total. The zero-order valence-electron chi connectivity index (χ0n) is 11.9. The van der Waals surface area contributed by atoms with Crippen LogP contribution >= 0.6 is 0 Å². The molecule has 1 aromatic rings. The van der Waals surface area contributed by atoms with E-state index >= 15 is 0 Å². The van der Waals surface area contributed by atoms with E-state index in [0.29, 0.717) is 0 Å². The van der Waals surface area contributed by atoms with Crippen LogP contribution in [0.15, 0.2) is 18.5 Å². The maximum absolute atomic E-state index is 12.9. The van der Waals surface area contributed by atoms with Gasteiger partial charge in [-0.1, -0.05) is 0 Å². The number of nitrogens with zero attached hydrogens (tertiary/aromatic N) is 1. The van der Waals surface area contributed by atoms with Crippen molar-refractivity contribution in [3.63, 3.8) is 0 Å². The fourth-order valence-corrected chi connectivity index (χ4v) is 1.28. The number of pyridine rings is 1. The molecular weight excluding hydrogens is 283 g/mol. The van der Waals surface area contributed by atoms with Crippen LogP contribution in [0.3, 0.4) is 0 Å². The summed E-state index contributed by atoms with van der Waals surface area (Å²) >= 11 is 0. The molecule has 7 nitrogen and oxygen atoms in total. The number of amides is 1. The molecular formula is C13H17FN2O5. The van der Waals surface area contributed by atoms with Crippen molar-refractivity contribution < 1.29 is 28.6 Å². The molecule has 116 valence electrons. The van der Waals surface area contributed by atoms with Gasteiger partial charge in [-0.3, -0.25) is 4.98 Å². The standard InChI is InChI=1S/C13H17FN2O5/c1-13(2,3)21-12(19)16-10(11(17)18)7-20-9-4-8(14)5-15-6-9/h4-6,10H,7H2,1-3H3,(H,16,19)(H,17,18)/t10-/m1/s1. The predicted octanol–water partition coefficient (Wildman–Crippen LogP) is 1.58. The number of carbonyl (C=O) groups is 2. The Balaban J connectivity index is 2.58. The summed E-state index contributed by atoms with van der Waals surface area (Å²) in [4.78, 5) is 26.1. The zero-order chi connectivity index (χ0) is 16.0. The summed E-state index contributed by atoms with van der Waals surface area (Å²) in [5.41, 5.74) is -0.750. The van der Waals surface area contributed by atoms with Gasteiger partial charge in [0.2, 0.25) is 0 Å². The Morgan fingerprint density at radius 2 is 2.10 bits per heavy atom. The van der Waals surface area contributed by atoms with Crippen LogP contribution in [0.1, 0.15) is 20.8 Å². The lowest BCUT2D eigenvalue weighted by Gasteiger charge is -2.22. The molecule has 0 aliphatic rings. The molecule has 1 heterocycles. The first-order chi connectivity index (χ1) is 9.67. The van der Waals surface area contributed by atoms with E-state index in [9.17, 15) is 14.0 Å². The molecule has 0 bridgehead atoms. The number of aromatic nitrogens is 1. The first kappa shape index (κ1) is 16.7. The highest BCUT2D eigenvalue weighted by Gasteiger charge is 2.24. The van der Waals surface area contributed by atoms with Gasteiger partial charge >= 0.3 is 12.1 Å². The Labute approximate surface area is 121 Å². The van der Waals surface area contributed by atoms with Gasteiger partial charge in [0.15, 0.2) is 6.04 Å². The topological polar surface area (TPSA) is 97.8 Å². The number of carboxylic acid groups (broad SMARTS) is 1. The third kappa shape index (κ3) is 6.55. The lowest BCUT2D eigenvalue weighted by atomic mass is 10.2. The van der Waals surface area contributed by atoms with E-state index in [1.165, 1.54) is 6.20 Å². The second-order valence-electron chi connectivity index (χ2n) is 5.19. The molecule has 0 fully saturated rings. The first-order valence-corrected chi connectivity index (χ1v) is 6.13. The van der Waals surface area contributed by atoms with E-state index in [0.717, 1.165) is 12.3 Å². The quantitative estimate of drug-likeness (QED) is 0.856. The monoisotopic (exact) mass is 300 g/mol. The summed E-state index contributed by atoms with van der Waals surface area (Å²) in [6, 6.07) is -0.276. The molecule has 1 rings (SSSR count). The van der Waals surface area contributed by atoms with E-state index < -0.39 is 29.5 Å². The van der Waals surface area contributed by atoms with Gasteiger partial charge in [0.25, 0.3) is 0 Å². The zero-order valence-corrected chi connectivity index (χ0v) is 11.9. The second kappa shape index (κ2) is 6.87. The number of hydrogen-bond acceptors (Lipinski definition) is 5. The number of alkyl carbamates (subject to hydrolysis) is 1. The largest absolute Gasteiger partial charge is 0.489 e. The molecule has 0 aromatic carbocycles. The van der Waals surface area contributed by atoms with Crippen molar-refractivity contribution in [2.24, 2.45) is 0 Å². The van der Waals surface area contributed by atoms with Gasteiger partial charge < -0.3 is 19.9 Å². The molecule has 0 aliphatic heterocycles. The van der Waals surface area contributed by atoms with Crippen LogP contribution in [0.2, 0.25) is 0 Å². The number of rotatable bonds is 5. The number of hydrogen-bond donors (Lipinski definition) is 2. The fraction of sp³-hybridized carbons (Fsp3) is 0.462. The van der Waals surface area contributed by atoms with E-state index in [2.05, 4.69) is 10.3 Å². The lowest BCUT2D eigenvalue weighted by molar-refractivity contribution is -0.140. The Hall–Kier alpha value is -2.38. The smallest absolute Gasteiger partial charge is 0.408 e. The second-order valence-corrected chi connectivity index (χ2v) is 5.19. The molecule has 0 radical (unpaired) electrons. The van der Waals surface area contributed by atoms with Gasteiger partial charge in [-0.25, -0.2) is 14.0 Å². The number of nitrogens with one attached hydrogen (secondary N) is 1. The molecule has 1 atom stereocenters. The Bertz CT molecular complexity index is 516. The van der Waals surface area contributed by atoms with Crippen molar-refractivity contribution in [2.75, 3.05) is 6.61 Å². The summed E-state index contributed by atoms with van der Waals surface area (Å²) in [6.45, 7) is 4.56. The van der Waals surface area contributed by atoms with Crippen molar-refractivity contribution in [1.82, 2.24) is 10.3 Å². The number of ether oxygens (including phenoxy) is 2. The van der Waals surface area contributed by atoms with E-state index in [4.69, 9.17) is 14.6 Å². The van der Waals surface area contributed by atoms with Crippen LogP contribution < -0.4 is 10.1 Å². The minimum absolute atomic E-state index is 0.0623. The van der Waals surface area contributed by atoms with Gasteiger partial charge in [0.1, 0.15) is 23.8 Å². The number of aliphatic carboxylic acids is 1. The summed E-state index contributed by atoms with van der Waals surface area (Å²) in [5.74, 6) is -1.85. The van der Waals surface area contributed by atoms with Gasteiger partial charge in [-0.2, -0.15) is 0 Å². The highest BCUT2D eigenvalue weighted by Crippen LogP contribution is 2.10. The van der Waals surface area contributed by atoms with Crippen LogP contribution in [0.25, 0.3) is 0 Å². The Kier molecular flexibility index (Phi) is 5.45. The average molecular weight is 300 g/mol.